The first-order valence-corrected chi connectivity index (χ1v) is 5.98. The smallest absolute Gasteiger partial charge is 0.0494 e. The van der Waals surface area contributed by atoms with Crippen molar-refractivity contribution in [3.63, 3.8) is 0 Å². The first-order valence-electron chi connectivity index (χ1n) is 5.98. The molecule has 0 bridgehead atoms. The molecule has 3 heteroatoms. The molecule has 3 nitrogen and oxygen atoms in total. The first-order chi connectivity index (χ1) is 6.94. The summed E-state index contributed by atoms with van der Waals surface area (Å²) in [6, 6.07) is 0.600. The van der Waals surface area contributed by atoms with Crippen molar-refractivity contribution in [3.8, 4) is 0 Å². The van der Waals surface area contributed by atoms with Gasteiger partial charge >= 0.3 is 0 Å². The minimum Gasteiger partial charge on any atom is -0.396 e. The Morgan fingerprint density at radius 3 is 2.60 bits per heavy atom. The summed E-state index contributed by atoms with van der Waals surface area (Å²) in [5.74, 6) is 0. The predicted octanol–water partition coefficient (Wildman–Crippen LogP) is 1.03. The molecule has 1 atom stereocenters. The van der Waals surface area contributed by atoms with Crippen molar-refractivity contribution in [2.75, 3.05) is 39.8 Å². The van der Waals surface area contributed by atoms with Crippen LogP contribution in [0.1, 0.15) is 27.2 Å². The van der Waals surface area contributed by atoms with E-state index in [1.807, 2.05) is 0 Å². The lowest BCUT2D eigenvalue weighted by molar-refractivity contribution is 0.0836. The molecule has 0 saturated carbocycles. The summed E-state index contributed by atoms with van der Waals surface area (Å²) in [7, 11) is 2.19. The molecular formula is C12H26N2O. The lowest BCUT2D eigenvalue weighted by Gasteiger charge is -2.34. The van der Waals surface area contributed by atoms with Crippen LogP contribution in [0.25, 0.3) is 0 Å². The van der Waals surface area contributed by atoms with Crippen LogP contribution in [-0.2, 0) is 0 Å². The van der Waals surface area contributed by atoms with E-state index in [-0.39, 0.29) is 12.0 Å². The highest BCUT2D eigenvalue weighted by Gasteiger charge is 2.26. The van der Waals surface area contributed by atoms with Crippen LogP contribution >= 0.6 is 0 Å². The third-order valence-electron chi connectivity index (χ3n) is 3.24. The number of hydrogen-bond acceptors (Lipinski definition) is 3. The monoisotopic (exact) mass is 214 g/mol. The van der Waals surface area contributed by atoms with Gasteiger partial charge in [-0.3, -0.25) is 4.90 Å². The van der Waals surface area contributed by atoms with Crippen LogP contribution in [0.15, 0.2) is 0 Å². The zero-order valence-electron chi connectivity index (χ0n) is 10.7. The number of aliphatic hydroxyl groups is 1. The molecule has 1 N–H and O–H groups in total. The number of likely N-dealkylation sites (N-methyl/N-ethyl adjacent to an activating group) is 1. The van der Waals surface area contributed by atoms with Crippen molar-refractivity contribution in [2.24, 2.45) is 5.41 Å². The van der Waals surface area contributed by atoms with Gasteiger partial charge in [-0.25, -0.2) is 0 Å². The molecule has 0 spiro atoms. The fourth-order valence-electron chi connectivity index (χ4n) is 2.26. The Morgan fingerprint density at radius 2 is 2.00 bits per heavy atom. The zero-order chi connectivity index (χ0) is 11.5. The summed E-state index contributed by atoms with van der Waals surface area (Å²) in [5.41, 5.74) is 0.0250. The van der Waals surface area contributed by atoms with Crippen LogP contribution in [0.3, 0.4) is 0 Å². The molecule has 15 heavy (non-hydrogen) atoms. The van der Waals surface area contributed by atoms with Gasteiger partial charge in [0.05, 0.1) is 0 Å². The van der Waals surface area contributed by atoms with E-state index in [0.29, 0.717) is 6.04 Å². The van der Waals surface area contributed by atoms with Crippen LogP contribution in [0, 0.1) is 5.41 Å². The van der Waals surface area contributed by atoms with Gasteiger partial charge in [-0.2, -0.15) is 0 Å². The fraction of sp³-hybridized carbons (Fsp3) is 1.00. The number of hydrogen-bond donors (Lipinski definition) is 1. The Bertz CT molecular complexity index is 194. The van der Waals surface area contributed by atoms with Crippen molar-refractivity contribution < 1.29 is 5.11 Å². The number of nitrogens with zero attached hydrogens (tertiary/aromatic N) is 2. The van der Waals surface area contributed by atoms with E-state index in [9.17, 15) is 5.11 Å². The van der Waals surface area contributed by atoms with Gasteiger partial charge in [-0.15, -0.1) is 0 Å². The largest absolute Gasteiger partial charge is 0.396 e. The van der Waals surface area contributed by atoms with Gasteiger partial charge in [0.25, 0.3) is 0 Å². The molecule has 1 unspecified atom stereocenters. The van der Waals surface area contributed by atoms with Crippen molar-refractivity contribution >= 4 is 0 Å². The molecule has 0 radical (unpaired) electrons. The summed E-state index contributed by atoms with van der Waals surface area (Å²) < 4.78 is 0. The SMILES string of the molecule is CC1CN(C)CCCN1CC(C)(C)CO. The highest BCUT2D eigenvalue weighted by molar-refractivity contribution is 4.80. The normalized spacial score (nSPS) is 26.6. The van der Waals surface area contributed by atoms with E-state index in [2.05, 4.69) is 37.6 Å². The Balaban J connectivity index is 2.53. The summed E-state index contributed by atoms with van der Waals surface area (Å²) in [6.07, 6.45) is 1.24. The molecular weight excluding hydrogens is 188 g/mol. The van der Waals surface area contributed by atoms with Crippen molar-refractivity contribution in [3.05, 3.63) is 0 Å². The Labute approximate surface area is 94.1 Å². The lowest BCUT2D eigenvalue weighted by Crippen LogP contribution is -2.44. The number of rotatable bonds is 3. The molecule has 1 fully saturated rings. The van der Waals surface area contributed by atoms with E-state index in [0.717, 1.165) is 19.6 Å². The second-order valence-corrected chi connectivity index (χ2v) is 5.76. The van der Waals surface area contributed by atoms with Crippen LogP contribution in [0.4, 0.5) is 0 Å². The second-order valence-electron chi connectivity index (χ2n) is 5.76. The lowest BCUT2D eigenvalue weighted by atomic mass is 9.93. The van der Waals surface area contributed by atoms with E-state index >= 15 is 0 Å². The molecule has 90 valence electrons. The third-order valence-corrected chi connectivity index (χ3v) is 3.24. The molecule has 0 aromatic carbocycles. The van der Waals surface area contributed by atoms with Gasteiger partial charge in [0, 0.05) is 31.2 Å². The molecule has 0 aromatic rings. The van der Waals surface area contributed by atoms with Gasteiger partial charge in [-0.1, -0.05) is 13.8 Å². The summed E-state index contributed by atoms with van der Waals surface area (Å²) in [6.45, 7) is 11.3. The molecule has 0 aromatic heterocycles. The highest BCUT2D eigenvalue weighted by Crippen LogP contribution is 2.19. The maximum absolute atomic E-state index is 9.30. The minimum atomic E-state index is 0.0250. The highest BCUT2D eigenvalue weighted by atomic mass is 16.3. The standard InChI is InChI=1S/C12H26N2O/c1-11-8-13(4)6-5-7-14(11)9-12(2,3)10-15/h11,15H,5-10H2,1-4H3. The van der Waals surface area contributed by atoms with Gasteiger partial charge in [-0.05, 0) is 33.5 Å². The second kappa shape index (κ2) is 5.28. The molecule has 1 rings (SSSR count). The minimum absolute atomic E-state index is 0.0250. The molecule has 0 aliphatic carbocycles. The molecule has 0 amide bonds. The van der Waals surface area contributed by atoms with Crippen LogP contribution < -0.4 is 0 Å². The predicted molar refractivity (Wildman–Crippen MR) is 64.0 cm³/mol. The summed E-state index contributed by atoms with van der Waals surface area (Å²) >= 11 is 0. The molecule has 1 aliphatic heterocycles. The Kier molecular flexibility index (Phi) is 4.56. The maximum Gasteiger partial charge on any atom is 0.0494 e. The van der Waals surface area contributed by atoms with E-state index in [4.69, 9.17) is 0 Å². The maximum atomic E-state index is 9.30. The Morgan fingerprint density at radius 1 is 1.33 bits per heavy atom. The summed E-state index contributed by atoms with van der Waals surface area (Å²) in [5, 5.41) is 9.30. The topological polar surface area (TPSA) is 26.7 Å². The van der Waals surface area contributed by atoms with E-state index < -0.39 is 0 Å². The molecule has 1 heterocycles. The van der Waals surface area contributed by atoms with Crippen molar-refractivity contribution in [2.45, 2.75) is 33.2 Å². The van der Waals surface area contributed by atoms with Crippen LogP contribution in [-0.4, -0.2) is 60.8 Å². The van der Waals surface area contributed by atoms with Gasteiger partial charge in [0.2, 0.25) is 0 Å². The van der Waals surface area contributed by atoms with Crippen LogP contribution in [0.2, 0.25) is 0 Å². The first kappa shape index (κ1) is 12.9. The fourth-order valence-corrected chi connectivity index (χ4v) is 2.26. The van der Waals surface area contributed by atoms with Gasteiger partial charge < -0.3 is 10.0 Å². The zero-order valence-corrected chi connectivity index (χ0v) is 10.7. The van der Waals surface area contributed by atoms with Gasteiger partial charge in [0.15, 0.2) is 0 Å². The number of aliphatic hydroxyl groups excluding tert-OH is 1. The average molecular weight is 214 g/mol. The van der Waals surface area contributed by atoms with Gasteiger partial charge in [0.1, 0.15) is 0 Å². The van der Waals surface area contributed by atoms with Crippen molar-refractivity contribution in [1.29, 1.82) is 0 Å². The van der Waals surface area contributed by atoms with Crippen LogP contribution in [0.5, 0.6) is 0 Å². The third kappa shape index (κ3) is 4.09. The summed E-state index contributed by atoms with van der Waals surface area (Å²) in [4.78, 5) is 4.91. The van der Waals surface area contributed by atoms with Crippen molar-refractivity contribution in [1.82, 2.24) is 9.80 Å². The molecule has 1 saturated heterocycles. The Hall–Kier alpha value is -0.120. The van der Waals surface area contributed by atoms with E-state index in [1.54, 1.807) is 0 Å². The quantitative estimate of drug-likeness (QED) is 0.760. The average Bonchev–Trinajstić information content (AvgIpc) is 2.29. The van der Waals surface area contributed by atoms with E-state index in [1.165, 1.54) is 13.0 Å². The molecule has 1 aliphatic rings.